The first kappa shape index (κ1) is 15.3. The molecule has 18 heavy (non-hydrogen) atoms. The fourth-order valence-corrected chi connectivity index (χ4v) is 1.91. The van der Waals surface area contributed by atoms with Crippen LogP contribution in [0.4, 0.5) is 0 Å². The third kappa shape index (κ3) is 4.86. The fraction of sp³-hybridized carbons (Fsp3) is 0.571. The molecule has 1 aromatic carbocycles. The van der Waals surface area contributed by atoms with E-state index in [1.807, 2.05) is 32.0 Å². The molecule has 0 bridgehead atoms. The van der Waals surface area contributed by atoms with E-state index in [-0.39, 0.29) is 6.10 Å². The third-order valence-electron chi connectivity index (χ3n) is 2.52. The number of rotatable bonds is 8. The topological polar surface area (TPSA) is 27.7 Å². The normalized spacial score (nSPS) is 12.2. The van der Waals surface area contributed by atoms with Crippen LogP contribution in [0.1, 0.15) is 25.8 Å². The molecule has 102 valence electrons. The smallest absolute Gasteiger partial charge is 0.161 e. The van der Waals surface area contributed by atoms with Crippen molar-refractivity contribution in [1.82, 2.24) is 0 Å². The van der Waals surface area contributed by atoms with Gasteiger partial charge in [0.1, 0.15) is 0 Å². The summed E-state index contributed by atoms with van der Waals surface area (Å²) >= 11 is 3.44. The predicted molar refractivity (Wildman–Crippen MR) is 76.8 cm³/mol. The minimum absolute atomic E-state index is 0.110. The first-order chi connectivity index (χ1) is 8.71. The zero-order valence-electron chi connectivity index (χ0n) is 11.2. The van der Waals surface area contributed by atoms with E-state index in [1.165, 1.54) is 5.56 Å². The van der Waals surface area contributed by atoms with Gasteiger partial charge in [0.05, 0.1) is 12.7 Å². The van der Waals surface area contributed by atoms with E-state index >= 15 is 0 Å². The third-order valence-corrected chi connectivity index (χ3v) is 3.17. The molecule has 0 aromatic heterocycles. The van der Waals surface area contributed by atoms with Gasteiger partial charge in [-0.3, -0.25) is 0 Å². The van der Waals surface area contributed by atoms with Crippen molar-refractivity contribution in [1.29, 1.82) is 0 Å². The van der Waals surface area contributed by atoms with Crippen LogP contribution in [0.15, 0.2) is 18.2 Å². The molecule has 0 fully saturated rings. The van der Waals surface area contributed by atoms with E-state index in [0.717, 1.165) is 23.2 Å². The van der Waals surface area contributed by atoms with Crippen molar-refractivity contribution in [2.75, 3.05) is 20.3 Å². The summed E-state index contributed by atoms with van der Waals surface area (Å²) in [5.74, 6) is 1.60. The zero-order valence-corrected chi connectivity index (χ0v) is 12.8. The highest BCUT2D eigenvalue weighted by atomic mass is 79.9. The van der Waals surface area contributed by atoms with Crippen LogP contribution in [0.5, 0.6) is 11.5 Å². The average Bonchev–Trinajstić information content (AvgIpc) is 2.38. The number of benzene rings is 1. The Kier molecular flexibility index (Phi) is 7.13. The van der Waals surface area contributed by atoms with Crippen LogP contribution in [-0.4, -0.2) is 26.4 Å². The lowest BCUT2D eigenvalue weighted by Crippen LogP contribution is -2.15. The Morgan fingerprint density at radius 1 is 1.28 bits per heavy atom. The van der Waals surface area contributed by atoms with Gasteiger partial charge >= 0.3 is 0 Å². The highest BCUT2D eigenvalue weighted by Gasteiger charge is 2.10. The maximum absolute atomic E-state index is 5.88. The second-order valence-corrected chi connectivity index (χ2v) is 4.62. The van der Waals surface area contributed by atoms with Crippen LogP contribution < -0.4 is 9.47 Å². The molecule has 0 saturated carbocycles. The Balaban J connectivity index is 2.73. The van der Waals surface area contributed by atoms with Crippen LogP contribution >= 0.6 is 15.9 Å². The van der Waals surface area contributed by atoms with Crippen LogP contribution in [-0.2, 0) is 10.1 Å². The standard InChI is InChI=1S/C14H21BrO3/c1-4-17-14-9-12(10-15)5-6-13(14)18-11(2)7-8-16-3/h5-6,9,11H,4,7-8,10H2,1-3H3. The quantitative estimate of drug-likeness (QED) is 0.683. The molecular weight excluding hydrogens is 296 g/mol. The molecule has 0 heterocycles. The van der Waals surface area contributed by atoms with Crippen LogP contribution in [0.3, 0.4) is 0 Å². The Morgan fingerprint density at radius 3 is 2.67 bits per heavy atom. The van der Waals surface area contributed by atoms with E-state index < -0.39 is 0 Å². The molecule has 0 amide bonds. The van der Waals surface area contributed by atoms with E-state index in [1.54, 1.807) is 7.11 Å². The van der Waals surface area contributed by atoms with E-state index in [9.17, 15) is 0 Å². The van der Waals surface area contributed by atoms with Gasteiger partial charge in [0, 0.05) is 25.5 Å². The Bertz CT molecular complexity index is 355. The van der Waals surface area contributed by atoms with Crippen LogP contribution in [0.2, 0.25) is 0 Å². The number of hydrogen-bond donors (Lipinski definition) is 0. The maximum Gasteiger partial charge on any atom is 0.161 e. The first-order valence-corrected chi connectivity index (χ1v) is 7.30. The van der Waals surface area contributed by atoms with Gasteiger partial charge in [-0.15, -0.1) is 0 Å². The molecule has 0 aliphatic rings. The van der Waals surface area contributed by atoms with E-state index in [0.29, 0.717) is 13.2 Å². The summed E-state index contributed by atoms with van der Waals surface area (Å²) in [4.78, 5) is 0. The summed E-state index contributed by atoms with van der Waals surface area (Å²) in [5.41, 5.74) is 1.18. The van der Waals surface area contributed by atoms with Crippen molar-refractivity contribution >= 4 is 15.9 Å². The molecule has 0 radical (unpaired) electrons. The SMILES string of the molecule is CCOc1cc(CBr)ccc1OC(C)CCOC. The van der Waals surface area contributed by atoms with Crippen molar-refractivity contribution in [3.8, 4) is 11.5 Å². The van der Waals surface area contributed by atoms with Gasteiger partial charge in [-0.1, -0.05) is 22.0 Å². The number of ether oxygens (including phenoxy) is 3. The second-order valence-electron chi connectivity index (χ2n) is 4.06. The highest BCUT2D eigenvalue weighted by Crippen LogP contribution is 2.30. The van der Waals surface area contributed by atoms with Gasteiger partial charge in [-0.2, -0.15) is 0 Å². The summed E-state index contributed by atoms with van der Waals surface area (Å²) in [6.45, 7) is 5.34. The Labute approximate surface area is 118 Å². The molecule has 0 aliphatic heterocycles. The van der Waals surface area contributed by atoms with Crippen molar-refractivity contribution in [3.05, 3.63) is 23.8 Å². The lowest BCUT2D eigenvalue weighted by Gasteiger charge is -2.17. The summed E-state index contributed by atoms with van der Waals surface area (Å²) in [5, 5.41) is 0.812. The van der Waals surface area contributed by atoms with Crippen molar-refractivity contribution in [2.45, 2.75) is 31.7 Å². The van der Waals surface area contributed by atoms with Crippen molar-refractivity contribution in [3.63, 3.8) is 0 Å². The lowest BCUT2D eigenvalue weighted by molar-refractivity contribution is 0.132. The molecule has 0 N–H and O–H groups in total. The van der Waals surface area contributed by atoms with Crippen molar-refractivity contribution in [2.24, 2.45) is 0 Å². The van der Waals surface area contributed by atoms with Crippen molar-refractivity contribution < 1.29 is 14.2 Å². The predicted octanol–water partition coefficient (Wildman–Crippen LogP) is 3.78. The molecule has 0 saturated heterocycles. The molecular formula is C14H21BrO3. The Morgan fingerprint density at radius 2 is 2.06 bits per heavy atom. The summed E-state index contributed by atoms with van der Waals surface area (Å²) < 4.78 is 16.5. The second kappa shape index (κ2) is 8.38. The first-order valence-electron chi connectivity index (χ1n) is 6.18. The highest BCUT2D eigenvalue weighted by molar-refractivity contribution is 9.08. The largest absolute Gasteiger partial charge is 0.490 e. The van der Waals surface area contributed by atoms with Gasteiger partial charge in [-0.25, -0.2) is 0 Å². The van der Waals surface area contributed by atoms with Gasteiger partial charge < -0.3 is 14.2 Å². The monoisotopic (exact) mass is 316 g/mol. The van der Waals surface area contributed by atoms with Gasteiger partial charge in [0.15, 0.2) is 11.5 Å². The number of halogens is 1. The molecule has 0 spiro atoms. The minimum Gasteiger partial charge on any atom is -0.490 e. The van der Waals surface area contributed by atoms with E-state index in [2.05, 4.69) is 15.9 Å². The number of methoxy groups -OCH3 is 1. The average molecular weight is 317 g/mol. The maximum atomic E-state index is 5.88. The fourth-order valence-electron chi connectivity index (χ4n) is 1.56. The number of alkyl halides is 1. The summed E-state index contributed by atoms with van der Waals surface area (Å²) in [6.07, 6.45) is 0.974. The molecule has 1 rings (SSSR count). The van der Waals surface area contributed by atoms with Gasteiger partial charge in [0.25, 0.3) is 0 Å². The molecule has 1 aromatic rings. The zero-order chi connectivity index (χ0) is 13.4. The van der Waals surface area contributed by atoms with Crippen LogP contribution in [0, 0.1) is 0 Å². The van der Waals surface area contributed by atoms with Gasteiger partial charge in [-0.05, 0) is 31.5 Å². The minimum atomic E-state index is 0.110. The van der Waals surface area contributed by atoms with E-state index in [4.69, 9.17) is 14.2 Å². The summed E-state index contributed by atoms with van der Waals surface area (Å²) in [6, 6.07) is 6.01. The molecule has 3 nitrogen and oxygen atoms in total. The Hall–Kier alpha value is -0.740. The summed E-state index contributed by atoms with van der Waals surface area (Å²) in [7, 11) is 1.70. The lowest BCUT2D eigenvalue weighted by atomic mass is 10.2. The molecule has 4 heteroatoms. The number of hydrogen-bond acceptors (Lipinski definition) is 3. The molecule has 1 atom stereocenters. The van der Waals surface area contributed by atoms with Gasteiger partial charge in [0.2, 0.25) is 0 Å². The van der Waals surface area contributed by atoms with Crippen LogP contribution in [0.25, 0.3) is 0 Å². The molecule has 1 unspecified atom stereocenters. The molecule has 0 aliphatic carbocycles.